The van der Waals surface area contributed by atoms with Gasteiger partial charge < -0.3 is 5.11 Å². The fourth-order valence-corrected chi connectivity index (χ4v) is 3.84. The van der Waals surface area contributed by atoms with Gasteiger partial charge in [-0.25, -0.2) is 0 Å². The number of rotatable bonds is 8. The maximum Gasteiger partial charge on any atom is 0.303 e. The third-order valence-electron chi connectivity index (χ3n) is 3.11. The van der Waals surface area contributed by atoms with Gasteiger partial charge in [-0.15, -0.1) is 11.8 Å². The number of nitriles is 1. The largest absolute Gasteiger partial charge is 0.481 e. The Balaban J connectivity index is 2.57. The van der Waals surface area contributed by atoms with Gasteiger partial charge in [0, 0.05) is 17.9 Å². The van der Waals surface area contributed by atoms with Crippen LogP contribution in [0.1, 0.15) is 18.4 Å². The minimum absolute atomic E-state index is 0.0759. The summed E-state index contributed by atoms with van der Waals surface area (Å²) in [6.07, 6.45) is 0.992. The van der Waals surface area contributed by atoms with Crippen LogP contribution in [0.4, 0.5) is 0 Å². The second-order valence-electron chi connectivity index (χ2n) is 4.62. The Kier molecular flexibility index (Phi) is 7.79. The van der Waals surface area contributed by atoms with Crippen molar-refractivity contribution in [1.82, 2.24) is 0 Å². The highest BCUT2D eigenvalue weighted by molar-refractivity contribution is 8.23. The second-order valence-corrected chi connectivity index (χ2v) is 6.71. The third kappa shape index (κ3) is 5.70. The van der Waals surface area contributed by atoms with E-state index in [-0.39, 0.29) is 18.6 Å². The lowest BCUT2D eigenvalue weighted by molar-refractivity contribution is -0.137. The molecule has 0 aliphatic rings. The Morgan fingerprint density at radius 3 is 2.62 bits per heavy atom. The van der Waals surface area contributed by atoms with Crippen LogP contribution in [0.25, 0.3) is 0 Å². The minimum Gasteiger partial charge on any atom is -0.481 e. The van der Waals surface area contributed by atoms with Crippen molar-refractivity contribution in [3.8, 4) is 6.07 Å². The number of nitrogens with zero attached hydrogens (tertiary/aromatic N) is 1. The van der Waals surface area contributed by atoms with E-state index in [4.69, 9.17) is 17.3 Å². The molecule has 0 aromatic heterocycles. The van der Waals surface area contributed by atoms with Crippen LogP contribution >= 0.6 is 36.6 Å². The number of aliphatic carboxylic acids is 1. The van der Waals surface area contributed by atoms with Crippen LogP contribution in [0.3, 0.4) is 0 Å². The minimum atomic E-state index is -0.946. The molecule has 1 atom stereocenters. The average molecular weight is 340 g/mol. The average Bonchev–Trinajstić information content (AvgIpc) is 2.49. The summed E-state index contributed by atoms with van der Waals surface area (Å²) in [4.78, 5) is 10.7. The summed E-state index contributed by atoms with van der Waals surface area (Å²) >= 11 is 11.0. The molecule has 0 amide bonds. The topological polar surface area (TPSA) is 61.1 Å². The van der Waals surface area contributed by atoms with Crippen molar-refractivity contribution in [2.75, 3.05) is 11.5 Å². The van der Waals surface area contributed by atoms with Crippen molar-refractivity contribution < 1.29 is 9.90 Å². The number of carboxylic acids is 1. The molecule has 1 unspecified atom stereocenters. The molecule has 1 aromatic carbocycles. The lowest BCUT2D eigenvalue weighted by atomic mass is 9.89. The number of thiocarbonyl (C=S) groups is 1. The standard InChI is InChI=1S/C15H17NO2S3/c16-10-15(11-19,8-6-13(17)18)14(20)21-9-7-12-4-2-1-3-5-12/h1-5,19H,6-9,11H2,(H,17,18). The van der Waals surface area contributed by atoms with Crippen LogP contribution in [0, 0.1) is 16.7 Å². The van der Waals surface area contributed by atoms with Gasteiger partial charge in [-0.05, 0) is 18.4 Å². The molecule has 112 valence electrons. The molecular formula is C15H17NO2S3. The van der Waals surface area contributed by atoms with Crippen molar-refractivity contribution >= 4 is 46.8 Å². The van der Waals surface area contributed by atoms with E-state index in [0.29, 0.717) is 4.20 Å². The van der Waals surface area contributed by atoms with Gasteiger partial charge in [-0.1, -0.05) is 42.5 Å². The lowest BCUT2D eigenvalue weighted by Crippen LogP contribution is -2.29. The third-order valence-corrected chi connectivity index (χ3v) is 5.45. The van der Waals surface area contributed by atoms with E-state index in [9.17, 15) is 10.1 Å². The maximum atomic E-state index is 10.7. The summed E-state index contributed by atoms with van der Waals surface area (Å²) in [5, 5.41) is 18.2. The second kappa shape index (κ2) is 9.08. The van der Waals surface area contributed by atoms with Gasteiger partial charge in [0.15, 0.2) is 0 Å². The van der Waals surface area contributed by atoms with Gasteiger partial charge >= 0.3 is 5.97 Å². The summed E-state index contributed by atoms with van der Waals surface area (Å²) in [5.41, 5.74) is 0.268. The molecule has 0 heterocycles. The molecular weight excluding hydrogens is 322 g/mol. The van der Waals surface area contributed by atoms with Crippen molar-refractivity contribution in [3.63, 3.8) is 0 Å². The van der Waals surface area contributed by atoms with Gasteiger partial charge in [-0.2, -0.15) is 17.9 Å². The van der Waals surface area contributed by atoms with Crippen LogP contribution in [-0.2, 0) is 11.2 Å². The maximum absolute atomic E-state index is 10.7. The molecule has 0 saturated heterocycles. The number of carboxylic acid groups (broad SMARTS) is 1. The van der Waals surface area contributed by atoms with Crippen LogP contribution in [-0.4, -0.2) is 26.8 Å². The molecule has 1 N–H and O–H groups in total. The number of thiol groups is 1. The van der Waals surface area contributed by atoms with E-state index in [1.807, 2.05) is 30.3 Å². The molecule has 6 heteroatoms. The first-order valence-corrected chi connectivity index (χ1v) is 8.52. The highest BCUT2D eigenvalue weighted by Crippen LogP contribution is 2.33. The van der Waals surface area contributed by atoms with E-state index in [1.165, 1.54) is 17.3 Å². The lowest BCUT2D eigenvalue weighted by Gasteiger charge is -2.24. The number of hydrogen-bond acceptors (Lipinski definition) is 5. The normalized spacial score (nSPS) is 13.1. The molecule has 0 saturated carbocycles. The Morgan fingerprint density at radius 1 is 1.43 bits per heavy atom. The Morgan fingerprint density at radius 2 is 2.10 bits per heavy atom. The van der Waals surface area contributed by atoms with Crippen LogP contribution in [0.2, 0.25) is 0 Å². The smallest absolute Gasteiger partial charge is 0.303 e. The summed E-state index contributed by atoms with van der Waals surface area (Å²) in [6, 6.07) is 12.2. The quantitative estimate of drug-likeness (QED) is 0.560. The number of thioether (sulfide) groups is 1. The Labute approximate surface area is 140 Å². The van der Waals surface area contributed by atoms with Crippen LogP contribution in [0.5, 0.6) is 0 Å². The highest BCUT2D eigenvalue weighted by Gasteiger charge is 2.34. The fourth-order valence-electron chi connectivity index (χ4n) is 1.75. The monoisotopic (exact) mass is 339 g/mol. The van der Waals surface area contributed by atoms with Gasteiger partial charge in [-0.3, -0.25) is 4.79 Å². The van der Waals surface area contributed by atoms with Crippen molar-refractivity contribution in [2.45, 2.75) is 19.3 Å². The van der Waals surface area contributed by atoms with Crippen molar-refractivity contribution in [2.24, 2.45) is 5.41 Å². The Bertz CT molecular complexity index is 527. The van der Waals surface area contributed by atoms with E-state index >= 15 is 0 Å². The molecule has 21 heavy (non-hydrogen) atoms. The molecule has 0 spiro atoms. The summed E-state index contributed by atoms with van der Waals surface area (Å²) in [7, 11) is 0. The SMILES string of the molecule is N#CC(CS)(CCC(=O)O)C(=S)SCCc1ccccc1. The van der Waals surface area contributed by atoms with E-state index in [2.05, 4.69) is 18.7 Å². The number of aryl methyl sites for hydroxylation is 1. The van der Waals surface area contributed by atoms with Gasteiger partial charge in [0.2, 0.25) is 0 Å². The fraction of sp³-hybridized carbons (Fsp3) is 0.400. The van der Waals surface area contributed by atoms with E-state index in [0.717, 1.165) is 12.2 Å². The first-order valence-electron chi connectivity index (χ1n) is 6.49. The predicted molar refractivity (Wildman–Crippen MR) is 94.0 cm³/mol. The molecule has 1 rings (SSSR count). The zero-order valence-corrected chi connectivity index (χ0v) is 14.0. The van der Waals surface area contributed by atoms with E-state index in [1.54, 1.807) is 0 Å². The number of carbonyl (C=O) groups is 1. The molecule has 0 fully saturated rings. The van der Waals surface area contributed by atoms with Crippen LogP contribution in [0.15, 0.2) is 30.3 Å². The molecule has 3 nitrogen and oxygen atoms in total. The van der Waals surface area contributed by atoms with Crippen LogP contribution < -0.4 is 0 Å². The zero-order chi connectivity index (χ0) is 15.7. The molecule has 0 aliphatic heterocycles. The highest BCUT2D eigenvalue weighted by atomic mass is 32.2. The molecule has 1 aromatic rings. The summed E-state index contributed by atoms with van der Waals surface area (Å²) in [6.45, 7) is 0. The number of benzene rings is 1. The van der Waals surface area contributed by atoms with Gasteiger partial charge in [0.1, 0.15) is 5.41 Å². The van der Waals surface area contributed by atoms with Gasteiger partial charge in [0.05, 0.1) is 10.3 Å². The van der Waals surface area contributed by atoms with Crippen molar-refractivity contribution in [1.29, 1.82) is 5.26 Å². The van der Waals surface area contributed by atoms with Crippen molar-refractivity contribution in [3.05, 3.63) is 35.9 Å². The first kappa shape index (κ1) is 18.0. The zero-order valence-electron chi connectivity index (χ0n) is 11.5. The predicted octanol–water partition coefficient (Wildman–Crippen LogP) is 3.59. The Hall–Kier alpha value is -1.03. The molecule has 0 aliphatic carbocycles. The van der Waals surface area contributed by atoms with Gasteiger partial charge in [0.25, 0.3) is 0 Å². The molecule has 0 bridgehead atoms. The summed E-state index contributed by atoms with van der Waals surface area (Å²) < 4.78 is 0.539. The molecule has 0 radical (unpaired) electrons. The van der Waals surface area contributed by atoms with E-state index < -0.39 is 11.4 Å². The number of hydrogen-bond donors (Lipinski definition) is 2. The first-order chi connectivity index (χ1) is 10.0. The summed E-state index contributed by atoms with van der Waals surface area (Å²) in [5.74, 6) is 0.0923.